The van der Waals surface area contributed by atoms with Crippen LogP contribution in [0.3, 0.4) is 0 Å². The van der Waals surface area contributed by atoms with E-state index in [0.29, 0.717) is 17.7 Å². The van der Waals surface area contributed by atoms with E-state index in [1.807, 2.05) is 57.7 Å². The van der Waals surface area contributed by atoms with Gasteiger partial charge in [0.15, 0.2) is 0 Å². The second kappa shape index (κ2) is 6.79. The van der Waals surface area contributed by atoms with Crippen molar-refractivity contribution in [2.24, 2.45) is 0 Å². The number of hydrogen-bond donors (Lipinski definition) is 0. The average Bonchev–Trinajstić information content (AvgIpc) is 3.73. The molecule has 8 aromatic rings. The van der Waals surface area contributed by atoms with Crippen LogP contribution in [0.2, 0.25) is 0 Å². The summed E-state index contributed by atoms with van der Waals surface area (Å²) < 4.78 is 22.5. The minimum absolute atomic E-state index is 0.373. The van der Waals surface area contributed by atoms with Crippen LogP contribution in [0.15, 0.2) is 92.2 Å². The lowest BCUT2D eigenvalue weighted by Gasteiger charge is -2.08. The zero-order valence-electron chi connectivity index (χ0n) is 19.5. The van der Waals surface area contributed by atoms with Crippen molar-refractivity contribution in [1.82, 2.24) is 19.3 Å². The average molecular weight is 482 g/mol. The van der Waals surface area contributed by atoms with E-state index in [9.17, 15) is 0 Å². The third-order valence-electron chi connectivity index (χ3n) is 7.45. The molecule has 0 bridgehead atoms. The van der Waals surface area contributed by atoms with Gasteiger partial charge in [0.2, 0.25) is 11.4 Å². The summed E-state index contributed by atoms with van der Waals surface area (Å²) in [5.41, 5.74) is 6.30. The molecule has 3 aromatic carbocycles. The van der Waals surface area contributed by atoms with Crippen LogP contribution >= 0.6 is 0 Å². The van der Waals surface area contributed by atoms with Crippen molar-refractivity contribution < 1.29 is 13.4 Å². The van der Waals surface area contributed by atoms with E-state index in [1.54, 1.807) is 0 Å². The van der Waals surface area contributed by atoms with Crippen molar-refractivity contribution in [2.45, 2.75) is 12.8 Å². The molecule has 0 spiro atoms. The minimum atomic E-state index is 0.373. The van der Waals surface area contributed by atoms with Crippen molar-refractivity contribution in [3.8, 4) is 12.0 Å². The van der Waals surface area contributed by atoms with Crippen LogP contribution in [-0.4, -0.2) is 19.3 Å². The highest BCUT2D eigenvalue weighted by molar-refractivity contribution is 6.19. The highest BCUT2D eigenvalue weighted by atomic mass is 16.5. The second-order valence-electron chi connectivity index (χ2n) is 9.42. The molecule has 0 amide bonds. The van der Waals surface area contributed by atoms with Gasteiger partial charge in [-0.25, -0.2) is 9.13 Å². The van der Waals surface area contributed by atoms with Crippen molar-refractivity contribution >= 4 is 61.1 Å². The molecule has 0 radical (unpaired) electrons. The molecule has 0 unspecified atom stereocenters. The van der Waals surface area contributed by atoms with Crippen molar-refractivity contribution in [3.63, 3.8) is 0 Å². The molecule has 1 aliphatic rings. The van der Waals surface area contributed by atoms with Crippen molar-refractivity contribution in [1.29, 1.82) is 0 Å². The molecule has 37 heavy (non-hydrogen) atoms. The summed E-state index contributed by atoms with van der Waals surface area (Å²) in [5.74, 6) is 0.415. The lowest BCUT2D eigenvalue weighted by atomic mass is 10.0. The van der Waals surface area contributed by atoms with Gasteiger partial charge in [-0.1, -0.05) is 66.7 Å². The molecule has 7 heteroatoms. The predicted octanol–water partition coefficient (Wildman–Crippen LogP) is 7.56. The summed E-state index contributed by atoms with van der Waals surface area (Å²) in [4.78, 5) is 4.90. The number of para-hydroxylation sites is 3. The van der Waals surface area contributed by atoms with Crippen molar-refractivity contribution in [2.75, 3.05) is 0 Å². The second-order valence-corrected chi connectivity index (χ2v) is 9.42. The Morgan fingerprint density at radius 1 is 0.703 bits per heavy atom. The van der Waals surface area contributed by atoms with Gasteiger partial charge in [-0.15, -0.1) is 0 Å². The van der Waals surface area contributed by atoms with Gasteiger partial charge in [0.05, 0.1) is 16.3 Å². The minimum Gasteiger partial charge on any atom is -0.439 e. The summed E-state index contributed by atoms with van der Waals surface area (Å²) in [7, 11) is 0. The van der Waals surface area contributed by atoms with Gasteiger partial charge >= 0.3 is 6.01 Å². The van der Waals surface area contributed by atoms with E-state index in [-0.39, 0.29) is 0 Å². The van der Waals surface area contributed by atoms with Gasteiger partial charge in [-0.05, 0) is 36.2 Å². The van der Waals surface area contributed by atoms with Crippen molar-refractivity contribution in [3.05, 3.63) is 90.1 Å². The van der Waals surface area contributed by atoms with Crippen LogP contribution in [-0.2, 0) is 6.42 Å². The molecule has 0 aliphatic heterocycles. The predicted molar refractivity (Wildman–Crippen MR) is 142 cm³/mol. The Bertz CT molecular complexity index is 2220. The number of hydrogen-bond acceptors (Lipinski definition) is 5. The first-order chi connectivity index (χ1) is 18.4. The standard InChI is InChI=1S/C30H18N4O3/c1-5-13-21-17(9-1)25-19-11-3-7-15-23(19)35-27(25)33(21)29-31-30(37-32-29)34-22-14-6-2-10-18(22)26-20-12-4-8-16-24(20)36-28(26)34/h1-5,7-13,15-16H,6,14H2. The Morgan fingerprint density at radius 2 is 1.38 bits per heavy atom. The number of nitrogens with zero attached hydrogens (tertiary/aromatic N) is 4. The molecule has 176 valence electrons. The fraction of sp³-hybridized carbons (Fsp3) is 0.0667. The molecule has 0 atom stereocenters. The first-order valence-corrected chi connectivity index (χ1v) is 12.3. The molecular weight excluding hydrogens is 464 g/mol. The maximum atomic E-state index is 6.35. The fourth-order valence-electron chi connectivity index (χ4n) is 5.92. The van der Waals surface area contributed by atoms with E-state index in [2.05, 4.69) is 41.6 Å². The molecule has 0 saturated heterocycles. The zero-order valence-corrected chi connectivity index (χ0v) is 19.5. The summed E-state index contributed by atoms with van der Waals surface area (Å²) >= 11 is 0. The maximum absolute atomic E-state index is 6.35. The van der Waals surface area contributed by atoms with Gasteiger partial charge in [0.1, 0.15) is 11.2 Å². The van der Waals surface area contributed by atoms with Gasteiger partial charge in [0.25, 0.3) is 5.95 Å². The van der Waals surface area contributed by atoms with Gasteiger partial charge < -0.3 is 13.4 Å². The van der Waals surface area contributed by atoms with Crippen LogP contribution in [0.4, 0.5) is 0 Å². The molecular formula is C30H18N4O3. The summed E-state index contributed by atoms with van der Waals surface area (Å²) in [6.07, 6.45) is 6.19. The third kappa shape index (κ3) is 2.40. The number of benzene rings is 3. The number of furan rings is 2. The highest BCUT2D eigenvalue weighted by Gasteiger charge is 2.28. The smallest absolute Gasteiger partial charge is 0.336 e. The zero-order chi connectivity index (χ0) is 24.1. The van der Waals surface area contributed by atoms with E-state index in [4.69, 9.17) is 18.3 Å². The lowest BCUT2D eigenvalue weighted by Crippen LogP contribution is -2.04. The van der Waals surface area contributed by atoms with Crippen LogP contribution < -0.4 is 0 Å². The number of fused-ring (bicyclic) bond motifs is 10. The Kier molecular flexibility index (Phi) is 3.52. The number of aromatic nitrogens is 4. The Hall–Kier alpha value is -5.04. The first kappa shape index (κ1) is 19.2. The SMILES string of the molecule is C1=Cc2c(n(-c3nc(-n4c5ccccc5c5c6ccccc6oc54)no3)c3oc4ccccc4c23)CC1. The molecule has 9 rings (SSSR count). The van der Waals surface area contributed by atoms with Crippen LogP contribution in [0.5, 0.6) is 0 Å². The molecule has 5 aromatic heterocycles. The molecule has 5 heterocycles. The Balaban J connectivity index is 1.33. The highest BCUT2D eigenvalue weighted by Crippen LogP contribution is 2.41. The van der Waals surface area contributed by atoms with Crippen LogP contribution in [0.1, 0.15) is 17.7 Å². The van der Waals surface area contributed by atoms with E-state index in [0.717, 1.165) is 73.4 Å². The molecule has 0 N–H and O–H groups in total. The lowest BCUT2D eigenvalue weighted by molar-refractivity contribution is 0.397. The monoisotopic (exact) mass is 482 g/mol. The first-order valence-electron chi connectivity index (χ1n) is 12.3. The largest absolute Gasteiger partial charge is 0.439 e. The fourth-order valence-corrected chi connectivity index (χ4v) is 5.92. The number of allylic oxidation sites excluding steroid dienone is 1. The van der Waals surface area contributed by atoms with Gasteiger partial charge in [0, 0.05) is 27.4 Å². The molecule has 0 saturated carbocycles. The van der Waals surface area contributed by atoms with E-state index >= 15 is 0 Å². The summed E-state index contributed by atoms with van der Waals surface area (Å²) in [6.45, 7) is 0. The van der Waals surface area contributed by atoms with E-state index in [1.165, 1.54) is 0 Å². The van der Waals surface area contributed by atoms with Crippen LogP contribution in [0, 0.1) is 0 Å². The molecule has 0 fully saturated rings. The molecule has 1 aliphatic carbocycles. The summed E-state index contributed by atoms with van der Waals surface area (Å²) in [6, 6.07) is 24.7. The van der Waals surface area contributed by atoms with Gasteiger partial charge in [-0.2, -0.15) is 4.98 Å². The van der Waals surface area contributed by atoms with E-state index < -0.39 is 0 Å². The van der Waals surface area contributed by atoms with Gasteiger partial charge in [-0.3, -0.25) is 0 Å². The quantitative estimate of drug-likeness (QED) is 0.254. The molecule has 7 nitrogen and oxygen atoms in total. The normalized spacial score (nSPS) is 13.6. The third-order valence-corrected chi connectivity index (χ3v) is 7.45. The topological polar surface area (TPSA) is 75.1 Å². The summed E-state index contributed by atoms with van der Waals surface area (Å²) in [5, 5.41) is 9.77. The Morgan fingerprint density at radius 3 is 2.19 bits per heavy atom. The Labute approximate surface area is 208 Å². The van der Waals surface area contributed by atoms with Crippen LogP contribution in [0.25, 0.3) is 73.1 Å². The maximum Gasteiger partial charge on any atom is 0.336 e. The number of rotatable bonds is 2.